The zero-order valence-corrected chi connectivity index (χ0v) is 9.51. The molecule has 0 fully saturated rings. The van der Waals surface area contributed by atoms with E-state index in [4.69, 9.17) is 16.4 Å². The third-order valence-electron chi connectivity index (χ3n) is 2.58. The fourth-order valence-corrected chi connectivity index (χ4v) is 1.61. The second-order valence-electron chi connectivity index (χ2n) is 3.76. The van der Waals surface area contributed by atoms with Crippen LogP contribution in [0.1, 0.15) is 16.4 Å². The maximum absolute atomic E-state index is 7.47. The monoisotopic (exact) mass is 252 g/mol. The number of nitrogens with zero attached hydrogens (tertiary/aromatic N) is 2. The third-order valence-corrected chi connectivity index (χ3v) is 2.58. The van der Waals surface area contributed by atoms with E-state index in [0.717, 1.165) is 0 Å². The number of rotatable bonds is 3. The van der Waals surface area contributed by atoms with Crippen LogP contribution in [0.4, 0.5) is 11.4 Å². The maximum atomic E-state index is 7.47. The maximum Gasteiger partial charge on any atom is 0.0456 e. The molecule has 0 bridgehead atoms. The number of hydrogen-bond acceptors (Lipinski definition) is 2. The van der Waals surface area contributed by atoms with Crippen LogP contribution in [0.3, 0.4) is 0 Å². The van der Waals surface area contributed by atoms with Crippen LogP contribution in [0.5, 0.6) is 0 Å². The van der Waals surface area contributed by atoms with Crippen molar-refractivity contribution in [3.8, 4) is 11.1 Å². The first-order chi connectivity index (χ1) is 13.4. The molecule has 2 rings (SSSR count). The molecule has 0 radical (unpaired) electrons. The average molecular weight is 252 g/mol. The van der Waals surface area contributed by atoms with Crippen LogP contribution >= 0.6 is 0 Å². The lowest BCUT2D eigenvalue weighted by molar-refractivity contribution is 1.13. The van der Waals surface area contributed by atoms with Gasteiger partial charge in [-0.05, 0) is 35.4 Å². The van der Waals surface area contributed by atoms with Gasteiger partial charge >= 0.3 is 0 Å². The van der Waals surface area contributed by atoms with Crippen molar-refractivity contribution in [2.75, 3.05) is 37.7 Å². The van der Waals surface area contributed by atoms with Crippen LogP contribution in [-0.4, -0.2) is 27.9 Å². The highest BCUT2D eigenvalue weighted by Gasteiger charge is 2.00. The summed E-state index contributed by atoms with van der Waals surface area (Å²) in [5.74, 6) is 0. The van der Waals surface area contributed by atoms with Crippen molar-refractivity contribution in [2.24, 2.45) is 0 Å². The Bertz CT molecular complexity index is 743. The molecule has 2 aromatic carbocycles. The van der Waals surface area contributed by atoms with E-state index in [0.29, 0.717) is 20.9 Å². The Hall–Kier alpha value is -1.96. The van der Waals surface area contributed by atoms with E-state index in [9.17, 15) is 0 Å². The van der Waals surface area contributed by atoms with E-state index in [1.165, 1.54) is 48.5 Å². The number of hydrogen-bond donors (Lipinski definition) is 0. The molecule has 0 aliphatic heterocycles. The van der Waals surface area contributed by atoms with Crippen molar-refractivity contribution in [3.63, 3.8) is 0 Å². The summed E-state index contributed by atoms with van der Waals surface area (Å²) in [7, 11) is 0. The molecule has 18 heavy (non-hydrogen) atoms. The van der Waals surface area contributed by atoms with Crippen LogP contribution in [0, 0.1) is 0 Å². The smallest absolute Gasteiger partial charge is 0.0456 e. The van der Waals surface area contributed by atoms with Gasteiger partial charge in [-0.25, -0.2) is 0 Å². The zero-order chi connectivity index (χ0) is 23.1. The van der Waals surface area contributed by atoms with Gasteiger partial charge in [0.1, 0.15) is 0 Å². The topological polar surface area (TPSA) is 6.48 Å². The van der Waals surface area contributed by atoms with E-state index in [1.54, 1.807) is 0 Å². The Morgan fingerprint density at radius 3 is 1.22 bits per heavy atom. The molecular weight excluding hydrogens is 220 g/mol. The van der Waals surface area contributed by atoms with Gasteiger partial charge in [0, 0.05) is 55.7 Å². The van der Waals surface area contributed by atoms with E-state index in [2.05, 4.69) is 0 Å². The van der Waals surface area contributed by atoms with Crippen molar-refractivity contribution >= 4 is 11.4 Å². The minimum atomic E-state index is -2.86. The van der Waals surface area contributed by atoms with Crippen LogP contribution in [0.15, 0.2) is 48.5 Å². The minimum absolute atomic E-state index is 0.00801. The first-order valence-corrected chi connectivity index (χ1v) is 5.23. The van der Waals surface area contributed by atoms with E-state index in [1.807, 2.05) is 0 Å². The van der Waals surface area contributed by atoms with Crippen molar-refractivity contribution in [3.05, 3.63) is 48.5 Å². The van der Waals surface area contributed by atoms with Crippen molar-refractivity contribution in [2.45, 2.75) is 0 Å². The standard InChI is InChI=1S/C16H20N2/c1-17(2)15-9-5-13(6-10-15)14-7-11-16(12-8-14)18(3)4/h5-12H,1-4H3/i1D3,2D3,3D3,4D3. The summed E-state index contributed by atoms with van der Waals surface area (Å²) in [5, 5.41) is 0. The second-order valence-corrected chi connectivity index (χ2v) is 3.76. The molecule has 0 aliphatic rings. The highest BCUT2D eigenvalue weighted by molar-refractivity contribution is 5.68. The quantitative estimate of drug-likeness (QED) is 0.825. The molecule has 94 valence electrons. The summed E-state index contributed by atoms with van der Waals surface area (Å²) in [6.45, 7) is -11.4. The molecule has 2 aromatic rings. The van der Waals surface area contributed by atoms with Gasteiger partial charge in [0.25, 0.3) is 0 Å². The van der Waals surface area contributed by atoms with Crippen LogP contribution in [0.25, 0.3) is 11.1 Å². The van der Waals surface area contributed by atoms with Gasteiger partial charge in [-0.2, -0.15) is 0 Å². The largest absolute Gasteiger partial charge is 0.378 e. The molecule has 0 amide bonds. The lowest BCUT2D eigenvalue weighted by atomic mass is 10.0. The van der Waals surface area contributed by atoms with Crippen molar-refractivity contribution in [1.82, 2.24) is 0 Å². The summed E-state index contributed by atoms with van der Waals surface area (Å²) in [5.41, 5.74) is 1.20. The van der Waals surface area contributed by atoms with E-state index < -0.39 is 27.9 Å². The first-order valence-electron chi connectivity index (χ1n) is 11.2. The van der Waals surface area contributed by atoms with Crippen LogP contribution < -0.4 is 9.80 Å². The predicted molar refractivity (Wildman–Crippen MR) is 80.5 cm³/mol. The van der Waals surface area contributed by atoms with Crippen LogP contribution in [0.2, 0.25) is 0 Å². The van der Waals surface area contributed by atoms with Gasteiger partial charge in [-0.3, -0.25) is 0 Å². The molecule has 0 N–H and O–H groups in total. The van der Waals surface area contributed by atoms with Gasteiger partial charge in [0.15, 0.2) is 0 Å². The summed E-state index contributed by atoms with van der Waals surface area (Å²) in [6.07, 6.45) is 0. The second kappa shape index (κ2) is 5.13. The Labute approximate surface area is 126 Å². The van der Waals surface area contributed by atoms with E-state index >= 15 is 0 Å². The van der Waals surface area contributed by atoms with Gasteiger partial charge in [0.05, 0.1) is 0 Å². The Morgan fingerprint density at radius 2 is 0.944 bits per heavy atom. The van der Waals surface area contributed by atoms with Crippen molar-refractivity contribution < 1.29 is 16.4 Å². The van der Waals surface area contributed by atoms with Gasteiger partial charge in [0.2, 0.25) is 0 Å². The fraction of sp³-hybridized carbons (Fsp3) is 0.250. The molecule has 0 aromatic heterocycles. The molecule has 0 aliphatic carbocycles. The minimum Gasteiger partial charge on any atom is -0.378 e. The molecule has 2 nitrogen and oxygen atoms in total. The zero-order valence-electron chi connectivity index (χ0n) is 21.5. The summed E-state index contributed by atoms with van der Waals surface area (Å²) < 4.78 is 89.6. The lowest BCUT2D eigenvalue weighted by Crippen LogP contribution is -2.08. The molecule has 0 spiro atoms. The molecule has 0 saturated heterocycles. The normalized spacial score (nSPS) is 22.9. The molecule has 2 heteroatoms. The summed E-state index contributed by atoms with van der Waals surface area (Å²) in [4.78, 5) is 0.745. The SMILES string of the molecule is [2H]C([2H])([2H])N(c1ccc(-c2ccc(N(C([2H])([2H])[2H])C([2H])([2H])[2H])cc2)cc1)C([2H])([2H])[2H]. The Balaban J connectivity index is 2.36. The molecule has 0 heterocycles. The summed E-state index contributed by atoms with van der Waals surface area (Å²) >= 11 is 0. The number of benzene rings is 2. The average Bonchev–Trinajstić information content (AvgIpc) is 2.51. The van der Waals surface area contributed by atoms with E-state index in [-0.39, 0.29) is 11.4 Å². The molecular formula is C16H20N2. The number of anilines is 2. The van der Waals surface area contributed by atoms with Gasteiger partial charge in [-0.1, -0.05) is 24.3 Å². The van der Waals surface area contributed by atoms with Crippen LogP contribution in [-0.2, 0) is 0 Å². The highest BCUT2D eigenvalue weighted by atomic mass is 15.1. The Kier molecular flexibility index (Phi) is 1.23. The molecule has 0 unspecified atom stereocenters. The van der Waals surface area contributed by atoms with Gasteiger partial charge in [-0.15, -0.1) is 0 Å². The Morgan fingerprint density at radius 1 is 0.611 bits per heavy atom. The molecule has 0 atom stereocenters. The molecule has 0 saturated carbocycles. The highest BCUT2D eigenvalue weighted by Crippen LogP contribution is 2.24. The third kappa shape index (κ3) is 2.65. The van der Waals surface area contributed by atoms with Gasteiger partial charge < -0.3 is 9.80 Å². The fourth-order valence-electron chi connectivity index (χ4n) is 1.61. The lowest BCUT2D eigenvalue weighted by Gasteiger charge is -2.14. The predicted octanol–water partition coefficient (Wildman–Crippen LogP) is 3.49. The summed E-state index contributed by atoms with van der Waals surface area (Å²) in [6, 6.07) is 11.6. The first kappa shape index (κ1) is 4.30. The van der Waals surface area contributed by atoms with Crippen molar-refractivity contribution in [1.29, 1.82) is 0 Å².